The number of hydrogen-bond donors (Lipinski definition) is 1. The lowest BCUT2D eigenvalue weighted by Gasteiger charge is -2.25. The highest BCUT2D eigenvalue weighted by atomic mass is 19.1. The van der Waals surface area contributed by atoms with Gasteiger partial charge in [-0.15, -0.1) is 0 Å². The van der Waals surface area contributed by atoms with E-state index >= 15 is 0 Å². The van der Waals surface area contributed by atoms with E-state index < -0.39 is 17.7 Å². The lowest BCUT2D eigenvalue weighted by atomic mass is 10.2. The SMILES string of the molecule is COCCN(Cc1ccc(F)cc1F)C[C@H](O)COc1ccccc1C. The average molecular weight is 365 g/mol. The Kier molecular flexibility index (Phi) is 7.97. The molecule has 2 aromatic carbocycles. The van der Waals surface area contributed by atoms with Gasteiger partial charge in [-0.25, -0.2) is 8.78 Å². The van der Waals surface area contributed by atoms with Crippen LogP contribution in [0.5, 0.6) is 5.75 Å². The largest absolute Gasteiger partial charge is 0.491 e. The number of ether oxygens (including phenoxy) is 2. The molecule has 2 rings (SSSR count). The van der Waals surface area contributed by atoms with Crippen LogP contribution in [0.3, 0.4) is 0 Å². The van der Waals surface area contributed by atoms with Gasteiger partial charge in [-0.2, -0.15) is 0 Å². The minimum atomic E-state index is -0.755. The number of aliphatic hydroxyl groups is 1. The molecule has 1 N–H and O–H groups in total. The number of nitrogens with zero attached hydrogens (tertiary/aromatic N) is 1. The molecule has 0 aliphatic carbocycles. The van der Waals surface area contributed by atoms with Crippen molar-refractivity contribution in [2.24, 2.45) is 0 Å². The Bertz CT molecular complexity index is 697. The highest BCUT2D eigenvalue weighted by Gasteiger charge is 2.15. The molecule has 0 aliphatic rings. The Balaban J connectivity index is 1.94. The molecular formula is C20H25F2NO3. The first-order valence-electron chi connectivity index (χ1n) is 8.51. The molecule has 0 aromatic heterocycles. The zero-order valence-electron chi connectivity index (χ0n) is 15.1. The van der Waals surface area contributed by atoms with Crippen molar-refractivity contribution in [3.8, 4) is 5.75 Å². The maximum atomic E-state index is 13.9. The second kappa shape index (κ2) is 10.2. The van der Waals surface area contributed by atoms with Crippen molar-refractivity contribution in [3.05, 3.63) is 65.2 Å². The van der Waals surface area contributed by atoms with Gasteiger partial charge in [0.05, 0.1) is 6.61 Å². The van der Waals surface area contributed by atoms with Crippen LogP contribution >= 0.6 is 0 Å². The van der Waals surface area contributed by atoms with Gasteiger partial charge in [0.2, 0.25) is 0 Å². The van der Waals surface area contributed by atoms with E-state index in [1.807, 2.05) is 36.1 Å². The van der Waals surface area contributed by atoms with Crippen molar-refractivity contribution >= 4 is 0 Å². The highest BCUT2D eigenvalue weighted by Crippen LogP contribution is 2.17. The third-order valence-electron chi connectivity index (χ3n) is 4.01. The molecule has 0 bridgehead atoms. The highest BCUT2D eigenvalue weighted by molar-refractivity contribution is 5.31. The first-order chi connectivity index (χ1) is 12.5. The number of aryl methyl sites for hydroxylation is 1. The van der Waals surface area contributed by atoms with Gasteiger partial charge >= 0.3 is 0 Å². The second-order valence-corrected chi connectivity index (χ2v) is 6.19. The summed E-state index contributed by atoms with van der Waals surface area (Å²) in [5.41, 5.74) is 1.36. The van der Waals surface area contributed by atoms with Crippen LogP contribution in [0.1, 0.15) is 11.1 Å². The number of benzene rings is 2. The third-order valence-corrected chi connectivity index (χ3v) is 4.01. The average Bonchev–Trinajstić information content (AvgIpc) is 2.61. The lowest BCUT2D eigenvalue weighted by molar-refractivity contribution is 0.0536. The van der Waals surface area contributed by atoms with Crippen LogP contribution in [-0.4, -0.2) is 49.5 Å². The quantitative estimate of drug-likeness (QED) is 0.702. The Labute approximate surface area is 153 Å². The molecule has 1 atom stereocenters. The van der Waals surface area contributed by atoms with Crippen LogP contribution in [-0.2, 0) is 11.3 Å². The number of rotatable bonds is 10. The Morgan fingerprint density at radius 2 is 1.92 bits per heavy atom. The van der Waals surface area contributed by atoms with Crippen LogP contribution in [0.2, 0.25) is 0 Å². The molecular weight excluding hydrogens is 340 g/mol. The van der Waals surface area contributed by atoms with Crippen LogP contribution in [0.15, 0.2) is 42.5 Å². The Hall–Kier alpha value is -2.02. The zero-order chi connectivity index (χ0) is 18.9. The van der Waals surface area contributed by atoms with Gasteiger partial charge in [0.15, 0.2) is 0 Å². The normalized spacial score (nSPS) is 12.4. The van der Waals surface area contributed by atoms with Gasteiger partial charge in [-0.3, -0.25) is 4.90 Å². The van der Waals surface area contributed by atoms with Gasteiger partial charge in [-0.1, -0.05) is 24.3 Å². The number of aliphatic hydroxyl groups excluding tert-OH is 1. The van der Waals surface area contributed by atoms with E-state index in [9.17, 15) is 13.9 Å². The number of methoxy groups -OCH3 is 1. The summed E-state index contributed by atoms with van der Waals surface area (Å²) in [6, 6.07) is 11.1. The smallest absolute Gasteiger partial charge is 0.130 e. The molecule has 0 spiro atoms. The molecule has 0 radical (unpaired) electrons. The van der Waals surface area contributed by atoms with E-state index in [2.05, 4.69) is 0 Å². The summed E-state index contributed by atoms with van der Waals surface area (Å²) in [6.07, 6.45) is -0.755. The molecule has 142 valence electrons. The van der Waals surface area contributed by atoms with E-state index in [0.717, 1.165) is 17.4 Å². The van der Waals surface area contributed by atoms with Gasteiger partial charge in [0.25, 0.3) is 0 Å². The van der Waals surface area contributed by atoms with Crippen LogP contribution < -0.4 is 4.74 Å². The predicted molar refractivity (Wildman–Crippen MR) is 96.2 cm³/mol. The minimum absolute atomic E-state index is 0.125. The second-order valence-electron chi connectivity index (χ2n) is 6.19. The maximum Gasteiger partial charge on any atom is 0.130 e. The molecule has 6 heteroatoms. The van der Waals surface area contributed by atoms with E-state index in [-0.39, 0.29) is 19.7 Å². The van der Waals surface area contributed by atoms with Crippen molar-refractivity contribution in [3.63, 3.8) is 0 Å². The zero-order valence-corrected chi connectivity index (χ0v) is 15.1. The summed E-state index contributed by atoms with van der Waals surface area (Å²) < 4.78 is 37.7. The fraction of sp³-hybridized carbons (Fsp3) is 0.400. The predicted octanol–water partition coefficient (Wildman–Crippen LogP) is 3.16. The van der Waals surface area contributed by atoms with Gasteiger partial charge < -0.3 is 14.6 Å². The molecule has 0 saturated heterocycles. The summed E-state index contributed by atoms with van der Waals surface area (Å²) in [5, 5.41) is 10.3. The topological polar surface area (TPSA) is 41.9 Å². The van der Waals surface area contributed by atoms with E-state index in [1.54, 1.807) is 7.11 Å². The molecule has 0 unspecified atom stereocenters. The summed E-state index contributed by atoms with van der Waals surface area (Å²) in [4.78, 5) is 1.85. The lowest BCUT2D eigenvalue weighted by Crippen LogP contribution is -2.37. The van der Waals surface area contributed by atoms with Gasteiger partial charge in [-0.05, 0) is 24.6 Å². The van der Waals surface area contributed by atoms with Crippen LogP contribution in [0.4, 0.5) is 8.78 Å². The van der Waals surface area contributed by atoms with Crippen LogP contribution in [0, 0.1) is 18.6 Å². The molecule has 0 saturated carbocycles. The van der Waals surface area contributed by atoms with Crippen molar-refractivity contribution in [1.29, 1.82) is 0 Å². The minimum Gasteiger partial charge on any atom is -0.491 e. The van der Waals surface area contributed by atoms with Crippen molar-refractivity contribution in [1.82, 2.24) is 4.90 Å². The number of halogens is 2. The molecule has 4 nitrogen and oxygen atoms in total. The number of hydrogen-bond acceptors (Lipinski definition) is 4. The Morgan fingerprint density at radius 3 is 2.62 bits per heavy atom. The third kappa shape index (κ3) is 6.37. The van der Waals surface area contributed by atoms with Crippen LogP contribution in [0.25, 0.3) is 0 Å². The monoisotopic (exact) mass is 365 g/mol. The van der Waals surface area contributed by atoms with Crippen molar-refractivity contribution in [2.75, 3.05) is 33.4 Å². The molecule has 0 amide bonds. The summed E-state index contributed by atoms with van der Waals surface area (Å²) in [6.45, 7) is 3.54. The number of para-hydroxylation sites is 1. The molecule has 0 heterocycles. The molecule has 0 fully saturated rings. The van der Waals surface area contributed by atoms with Gasteiger partial charge in [0, 0.05) is 38.4 Å². The first kappa shape index (κ1) is 20.3. The summed E-state index contributed by atoms with van der Waals surface area (Å²) >= 11 is 0. The Morgan fingerprint density at radius 1 is 1.15 bits per heavy atom. The van der Waals surface area contributed by atoms with E-state index in [0.29, 0.717) is 18.7 Å². The summed E-state index contributed by atoms with van der Waals surface area (Å²) in [7, 11) is 1.58. The van der Waals surface area contributed by atoms with Crippen molar-refractivity contribution in [2.45, 2.75) is 19.6 Å². The summed E-state index contributed by atoms with van der Waals surface area (Å²) in [5.74, 6) is -0.487. The first-order valence-corrected chi connectivity index (χ1v) is 8.51. The van der Waals surface area contributed by atoms with Gasteiger partial charge in [0.1, 0.15) is 30.1 Å². The standard InChI is InChI=1S/C20H25F2NO3/c1-15-5-3-4-6-20(15)26-14-18(24)13-23(9-10-25-2)12-16-7-8-17(21)11-19(16)22/h3-8,11,18,24H,9-10,12-14H2,1-2H3/t18-/m0/s1. The molecule has 2 aromatic rings. The van der Waals surface area contributed by atoms with Crippen molar-refractivity contribution < 1.29 is 23.4 Å². The fourth-order valence-corrected chi connectivity index (χ4v) is 2.60. The van der Waals surface area contributed by atoms with E-state index in [1.165, 1.54) is 12.1 Å². The fourth-order valence-electron chi connectivity index (χ4n) is 2.60. The maximum absolute atomic E-state index is 13.9. The molecule has 26 heavy (non-hydrogen) atoms. The van der Waals surface area contributed by atoms with E-state index in [4.69, 9.17) is 9.47 Å². The molecule has 0 aliphatic heterocycles.